The lowest BCUT2D eigenvalue weighted by atomic mass is 9.87. The molecule has 30 heavy (non-hydrogen) atoms. The van der Waals surface area contributed by atoms with Gasteiger partial charge in [-0.1, -0.05) is 5.16 Å². The third kappa shape index (κ3) is 4.12. The highest BCUT2D eigenvalue weighted by Crippen LogP contribution is 2.34. The van der Waals surface area contributed by atoms with Crippen LogP contribution in [0.2, 0.25) is 0 Å². The normalized spacial score (nSPS) is 20.5. The number of hydrogen-bond donors (Lipinski definition) is 1. The average Bonchev–Trinajstić information content (AvgIpc) is 3.17. The molecular weight excluding hydrogens is 384 g/mol. The van der Waals surface area contributed by atoms with E-state index in [9.17, 15) is 9.59 Å². The van der Waals surface area contributed by atoms with E-state index in [1.54, 1.807) is 48.5 Å². The number of likely N-dealkylation sites (tertiary alicyclic amines) is 1. The molecule has 2 aliphatic heterocycles. The van der Waals surface area contributed by atoms with Gasteiger partial charge in [0.05, 0.1) is 19.2 Å². The first-order valence-electron chi connectivity index (χ1n) is 9.90. The fourth-order valence-electron chi connectivity index (χ4n) is 3.79. The number of rotatable bonds is 4. The number of nitrogens with one attached hydrogen (secondary N) is 1. The Morgan fingerprint density at radius 3 is 2.70 bits per heavy atom. The first kappa shape index (κ1) is 19.9. The van der Waals surface area contributed by atoms with Gasteiger partial charge < -0.3 is 19.8 Å². The number of carbonyl (C=O) groups excluding carboxylic acids is 2. The number of nitrogens with zero attached hydrogens (tertiary/aromatic N) is 3. The second-order valence-corrected chi connectivity index (χ2v) is 7.69. The molecule has 1 N–H and O–H groups in total. The van der Waals surface area contributed by atoms with Crippen molar-refractivity contribution >= 4 is 23.2 Å². The Labute approximate surface area is 174 Å². The largest absolute Gasteiger partial charge is 0.497 e. The van der Waals surface area contributed by atoms with Crippen LogP contribution in [0.25, 0.3) is 0 Å². The van der Waals surface area contributed by atoms with Crippen molar-refractivity contribution in [2.75, 3.05) is 25.5 Å². The zero-order chi connectivity index (χ0) is 21.1. The predicted molar refractivity (Wildman–Crippen MR) is 112 cm³/mol. The Hall–Kier alpha value is -3.42. The number of hydrogen-bond acceptors (Lipinski definition) is 6. The minimum Gasteiger partial charge on any atom is -0.497 e. The molecule has 0 bridgehead atoms. The van der Waals surface area contributed by atoms with Crippen molar-refractivity contribution in [1.29, 1.82) is 0 Å². The Balaban J connectivity index is 1.39. The summed E-state index contributed by atoms with van der Waals surface area (Å²) in [4.78, 5) is 37.2. The average molecular weight is 408 g/mol. The van der Waals surface area contributed by atoms with Crippen LogP contribution in [0.15, 0.2) is 47.8 Å². The third-order valence-electron chi connectivity index (χ3n) is 5.43. The summed E-state index contributed by atoms with van der Waals surface area (Å²) in [5.41, 5.74) is 1.74. The molecule has 156 valence electrons. The van der Waals surface area contributed by atoms with Gasteiger partial charge >= 0.3 is 0 Å². The molecule has 2 aromatic rings. The molecule has 1 atom stereocenters. The van der Waals surface area contributed by atoms with Crippen LogP contribution in [-0.2, 0) is 9.63 Å². The zero-order valence-electron chi connectivity index (χ0n) is 17.1. The monoisotopic (exact) mass is 408 g/mol. The molecule has 1 aromatic carbocycles. The van der Waals surface area contributed by atoms with Crippen molar-refractivity contribution in [3.05, 3.63) is 53.9 Å². The molecule has 0 radical (unpaired) electrons. The maximum absolute atomic E-state index is 12.9. The van der Waals surface area contributed by atoms with Gasteiger partial charge in [-0.05, 0) is 56.2 Å². The molecular formula is C22H24N4O4. The lowest BCUT2D eigenvalue weighted by molar-refractivity contribution is -0.110. The van der Waals surface area contributed by atoms with Gasteiger partial charge in [0.25, 0.3) is 11.8 Å². The molecule has 1 unspecified atom stereocenters. The van der Waals surface area contributed by atoms with Gasteiger partial charge in [-0.25, -0.2) is 0 Å². The van der Waals surface area contributed by atoms with Crippen LogP contribution >= 0.6 is 0 Å². The summed E-state index contributed by atoms with van der Waals surface area (Å²) in [5.74, 6) is 0.328. The summed E-state index contributed by atoms with van der Waals surface area (Å²) in [5, 5.41) is 6.88. The predicted octanol–water partition coefficient (Wildman–Crippen LogP) is 2.79. The van der Waals surface area contributed by atoms with E-state index >= 15 is 0 Å². The van der Waals surface area contributed by atoms with Gasteiger partial charge in [-0.15, -0.1) is 0 Å². The summed E-state index contributed by atoms with van der Waals surface area (Å²) in [6, 6.07) is 10.7. The van der Waals surface area contributed by atoms with Crippen molar-refractivity contribution in [3.8, 4) is 5.75 Å². The van der Waals surface area contributed by atoms with E-state index in [0.29, 0.717) is 42.2 Å². The number of aryl methyl sites for hydroxylation is 1. The number of aromatic nitrogens is 1. The number of oxime groups is 1. The SMILES string of the molecule is COc1ccc(NC(=O)C2=NOC3(CCCN(C(=O)c4ccc(C)nc4)C3)C2)cc1. The van der Waals surface area contributed by atoms with E-state index < -0.39 is 5.60 Å². The highest BCUT2D eigenvalue weighted by Gasteiger charge is 2.45. The molecule has 8 heteroatoms. The highest BCUT2D eigenvalue weighted by atomic mass is 16.7. The number of amides is 2. The topological polar surface area (TPSA) is 93.1 Å². The molecule has 0 aliphatic carbocycles. The maximum Gasteiger partial charge on any atom is 0.273 e. The van der Waals surface area contributed by atoms with Crippen molar-refractivity contribution in [2.45, 2.75) is 31.8 Å². The van der Waals surface area contributed by atoms with E-state index in [0.717, 1.165) is 18.5 Å². The number of methoxy groups -OCH3 is 1. The van der Waals surface area contributed by atoms with Crippen LogP contribution in [0.1, 0.15) is 35.3 Å². The van der Waals surface area contributed by atoms with Gasteiger partial charge in [-0.3, -0.25) is 14.6 Å². The fraction of sp³-hybridized carbons (Fsp3) is 0.364. The number of ether oxygens (including phenoxy) is 1. The van der Waals surface area contributed by atoms with Gasteiger partial charge in [0.1, 0.15) is 11.5 Å². The van der Waals surface area contributed by atoms with E-state index in [1.807, 2.05) is 13.0 Å². The summed E-state index contributed by atoms with van der Waals surface area (Å²) in [6.07, 6.45) is 3.49. The minimum absolute atomic E-state index is 0.0821. The van der Waals surface area contributed by atoms with Crippen molar-refractivity contribution in [3.63, 3.8) is 0 Å². The summed E-state index contributed by atoms with van der Waals surface area (Å²) < 4.78 is 5.12. The lowest BCUT2D eigenvalue weighted by Gasteiger charge is -2.38. The molecule has 4 rings (SSSR count). The highest BCUT2D eigenvalue weighted by molar-refractivity contribution is 6.43. The molecule has 8 nitrogen and oxygen atoms in total. The number of pyridine rings is 1. The van der Waals surface area contributed by atoms with Gasteiger partial charge in [0, 0.05) is 30.5 Å². The van der Waals surface area contributed by atoms with Gasteiger partial charge in [0.2, 0.25) is 0 Å². The number of anilines is 1. The van der Waals surface area contributed by atoms with Crippen LogP contribution in [0.5, 0.6) is 5.75 Å². The summed E-state index contributed by atoms with van der Waals surface area (Å²) >= 11 is 0. The zero-order valence-corrected chi connectivity index (χ0v) is 17.1. The number of carbonyl (C=O) groups is 2. The van der Waals surface area contributed by atoms with Crippen LogP contribution in [0.3, 0.4) is 0 Å². The molecule has 2 aliphatic rings. The first-order valence-corrected chi connectivity index (χ1v) is 9.90. The maximum atomic E-state index is 12.9. The second kappa shape index (κ2) is 8.14. The number of piperidine rings is 1. The molecule has 1 saturated heterocycles. The van der Waals surface area contributed by atoms with Gasteiger partial charge in [-0.2, -0.15) is 0 Å². The van der Waals surface area contributed by atoms with E-state index in [4.69, 9.17) is 9.57 Å². The Kier molecular flexibility index (Phi) is 5.39. The van der Waals surface area contributed by atoms with Gasteiger partial charge in [0.15, 0.2) is 5.60 Å². The van der Waals surface area contributed by atoms with Crippen LogP contribution in [0, 0.1) is 6.92 Å². The molecule has 2 amide bonds. The Bertz CT molecular complexity index is 972. The quantitative estimate of drug-likeness (QED) is 0.840. The Morgan fingerprint density at radius 2 is 2.00 bits per heavy atom. The molecule has 1 aromatic heterocycles. The van der Waals surface area contributed by atoms with Crippen molar-refractivity contribution in [1.82, 2.24) is 9.88 Å². The smallest absolute Gasteiger partial charge is 0.273 e. The molecule has 1 spiro atoms. The fourth-order valence-corrected chi connectivity index (χ4v) is 3.79. The van der Waals surface area contributed by atoms with E-state index in [2.05, 4.69) is 15.5 Å². The minimum atomic E-state index is -0.654. The van der Waals surface area contributed by atoms with E-state index in [1.165, 1.54) is 0 Å². The number of benzene rings is 1. The standard InChI is InChI=1S/C22H24N4O4/c1-15-4-5-16(13-23-15)21(28)26-11-3-10-22(14-26)12-19(25-30-22)20(27)24-17-6-8-18(29-2)9-7-17/h4-9,13H,3,10-12,14H2,1-2H3,(H,24,27). The van der Waals surface area contributed by atoms with Crippen molar-refractivity contribution in [2.24, 2.45) is 5.16 Å². The first-order chi connectivity index (χ1) is 14.5. The molecule has 3 heterocycles. The van der Waals surface area contributed by atoms with E-state index in [-0.39, 0.29) is 11.8 Å². The van der Waals surface area contributed by atoms with Crippen LogP contribution in [0.4, 0.5) is 5.69 Å². The van der Waals surface area contributed by atoms with Crippen molar-refractivity contribution < 1.29 is 19.2 Å². The summed E-state index contributed by atoms with van der Waals surface area (Å²) in [6.45, 7) is 2.92. The van der Waals surface area contributed by atoms with Crippen LogP contribution in [-0.4, -0.2) is 53.2 Å². The Morgan fingerprint density at radius 1 is 1.20 bits per heavy atom. The third-order valence-corrected chi connectivity index (χ3v) is 5.43. The molecule has 0 saturated carbocycles. The van der Waals surface area contributed by atoms with Crippen LogP contribution < -0.4 is 10.1 Å². The summed E-state index contributed by atoms with van der Waals surface area (Å²) in [7, 11) is 1.59. The molecule has 1 fully saturated rings. The second-order valence-electron chi connectivity index (χ2n) is 7.69. The lowest BCUT2D eigenvalue weighted by Crippen LogP contribution is -2.50.